The molecule has 1 amide bonds. The largest absolute Gasteiger partial charge is 0.478 e. The Bertz CT molecular complexity index is 482. The van der Waals surface area contributed by atoms with Gasteiger partial charge in [0.2, 0.25) is 5.91 Å². The number of carbonyl (C=O) groups is 2. The van der Waals surface area contributed by atoms with E-state index in [4.69, 9.17) is 5.11 Å². The van der Waals surface area contributed by atoms with Gasteiger partial charge in [-0.15, -0.1) is 0 Å². The summed E-state index contributed by atoms with van der Waals surface area (Å²) in [5.41, 5.74) is 0.223. The van der Waals surface area contributed by atoms with Gasteiger partial charge in [0.15, 0.2) is 0 Å². The lowest BCUT2D eigenvalue weighted by atomic mass is 10.0. The van der Waals surface area contributed by atoms with Crippen molar-refractivity contribution in [1.29, 1.82) is 0 Å². The summed E-state index contributed by atoms with van der Waals surface area (Å²) in [6.07, 6.45) is 3.20. The number of carboxylic acid groups (broad SMARTS) is 1. The lowest BCUT2D eigenvalue weighted by molar-refractivity contribution is -0.119. The summed E-state index contributed by atoms with van der Waals surface area (Å²) in [7, 11) is 0. The molecule has 0 radical (unpaired) electrons. The average molecular weight is 263 g/mol. The molecule has 0 unspecified atom stereocenters. The van der Waals surface area contributed by atoms with Crippen molar-refractivity contribution in [2.45, 2.75) is 25.8 Å². The summed E-state index contributed by atoms with van der Waals surface area (Å²) in [5.74, 6) is -0.481. The molecular weight excluding hydrogens is 246 g/mol. The van der Waals surface area contributed by atoms with Crippen molar-refractivity contribution in [2.24, 2.45) is 0 Å². The minimum absolute atomic E-state index is 0.0255. The third-order valence-corrected chi connectivity index (χ3v) is 3.22. The van der Waals surface area contributed by atoms with E-state index in [-0.39, 0.29) is 17.5 Å². The monoisotopic (exact) mass is 263 g/mol. The van der Waals surface area contributed by atoms with Gasteiger partial charge in [-0.3, -0.25) is 4.79 Å². The number of aromatic carboxylic acids is 1. The number of carbonyl (C=O) groups excluding carboxylic acids is 1. The molecule has 0 spiro atoms. The molecule has 102 valence electrons. The molecular formula is C13H17N3O3. The summed E-state index contributed by atoms with van der Waals surface area (Å²) in [4.78, 5) is 28.3. The van der Waals surface area contributed by atoms with Crippen molar-refractivity contribution in [3.05, 3.63) is 23.9 Å². The minimum Gasteiger partial charge on any atom is -0.478 e. The Labute approximate surface area is 111 Å². The molecule has 2 N–H and O–H groups in total. The zero-order chi connectivity index (χ0) is 13.8. The number of aromatic nitrogens is 1. The van der Waals surface area contributed by atoms with Crippen molar-refractivity contribution in [3.63, 3.8) is 0 Å². The number of hydrogen-bond donors (Lipinski definition) is 2. The van der Waals surface area contributed by atoms with E-state index < -0.39 is 5.97 Å². The van der Waals surface area contributed by atoms with Gasteiger partial charge in [-0.1, -0.05) is 0 Å². The Morgan fingerprint density at radius 2 is 2.11 bits per heavy atom. The summed E-state index contributed by atoms with van der Waals surface area (Å²) >= 11 is 0. The van der Waals surface area contributed by atoms with E-state index in [9.17, 15) is 9.59 Å². The second kappa shape index (κ2) is 5.69. The Morgan fingerprint density at radius 3 is 2.68 bits per heavy atom. The van der Waals surface area contributed by atoms with Crippen LogP contribution in [0.25, 0.3) is 0 Å². The summed E-state index contributed by atoms with van der Waals surface area (Å²) < 4.78 is 0. The van der Waals surface area contributed by atoms with Gasteiger partial charge in [-0.05, 0) is 25.0 Å². The van der Waals surface area contributed by atoms with Crippen LogP contribution in [0, 0.1) is 0 Å². The van der Waals surface area contributed by atoms with Crippen LogP contribution in [-0.2, 0) is 4.79 Å². The average Bonchev–Trinajstić information content (AvgIpc) is 2.39. The Hall–Kier alpha value is -2.11. The van der Waals surface area contributed by atoms with Gasteiger partial charge in [0.25, 0.3) is 0 Å². The number of nitrogens with one attached hydrogen (secondary N) is 1. The maximum absolute atomic E-state index is 11.2. The SMILES string of the molecule is CC(=O)NC1CCN(c2ncccc2C(=O)O)CC1. The van der Waals surface area contributed by atoms with Gasteiger partial charge >= 0.3 is 5.97 Å². The highest BCUT2D eigenvalue weighted by molar-refractivity contribution is 5.93. The van der Waals surface area contributed by atoms with Gasteiger partial charge < -0.3 is 15.3 Å². The Kier molecular flexibility index (Phi) is 3.99. The standard InChI is InChI=1S/C13H17N3O3/c1-9(17)15-10-4-7-16(8-5-10)12-11(13(18)19)3-2-6-14-12/h2-3,6,10H,4-5,7-8H2,1H3,(H,15,17)(H,18,19). The zero-order valence-corrected chi connectivity index (χ0v) is 10.8. The van der Waals surface area contributed by atoms with Gasteiger partial charge in [-0.25, -0.2) is 9.78 Å². The first kappa shape index (κ1) is 13.3. The zero-order valence-electron chi connectivity index (χ0n) is 10.8. The molecule has 6 heteroatoms. The molecule has 0 saturated carbocycles. The van der Waals surface area contributed by atoms with Gasteiger partial charge in [0.1, 0.15) is 11.4 Å². The molecule has 0 atom stereocenters. The van der Waals surface area contributed by atoms with Crippen molar-refractivity contribution in [2.75, 3.05) is 18.0 Å². The molecule has 1 saturated heterocycles. The smallest absolute Gasteiger partial charge is 0.339 e. The van der Waals surface area contributed by atoms with Crippen LogP contribution < -0.4 is 10.2 Å². The van der Waals surface area contributed by atoms with Crippen LogP contribution in [0.15, 0.2) is 18.3 Å². The fraction of sp³-hybridized carbons (Fsp3) is 0.462. The van der Waals surface area contributed by atoms with Crippen LogP contribution in [-0.4, -0.2) is 41.1 Å². The van der Waals surface area contributed by atoms with E-state index in [0.29, 0.717) is 18.9 Å². The van der Waals surface area contributed by atoms with Gasteiger partial charge in [0.05, 0.1) is 0 Å². The molecule has 1 aliphatic rings. The lowest BCUT2D eigenvalue weighted by Gasteiger charge is -2.33. The Morgan fingerprint density at radius 1 is 1.42 bits per heavy atom. The first-order valence-corrected chi connectivity index (χ1v) is 6.28. The lowest BCUT2D eigenvalue weighted by Crippen LogP contribution is -2.44. The Balaban J connectivity index is 2.05. The van der Waals surface area contributed by atoms with Crippen molar-refractivity contribution in [1.82, 2.24) is 10.3 Å². The highest BCUT2D eigenvalue weighted by Gasteiger charge is 2.23. The minimum atomic E-state index is -0.966. The number of nitrogens with zero attached hydrogens (tertiary/aromatic N) is 2. The maximum Gasteiger partial charge on any atom is 0.339 e. The highest BCUT2D eigenvalue weighted by Crippen LogP contribution is 2.21. The van der Waals surface area contributed by atoms with E-state index in [2.05, 4.69) is 10.3 Å². The fourth-order valence-corrected chi connectivity index (χ4v) is 2.34. The molecule has 19 heavy (non-hydrogen) atoms. The molecule has 2 heterocycles. The van der Waals surface area contributed by atoms with Crippen LogP contribution in [0.5, 0.6) is 0 Å². The normalized spacial score (nSPS) is 16.2. The molecule has 1 aromatic heterocycles. The first-order chi connectivity index (χ1) is 9.08. The molecule has 0 bridgehead atoms. The molecule has 1 fully saturated rings. The predicted molar refractivity (Wildman–Crippen MR) is 70.2 cm³/mol. The first-order valence-electron chi connectivity index (χ1n) is 6.28. The molecule has 0 aliphatic carbocycles. The number of pyridine rings is 1. The van der Waals surface area contributed by atoms with Gasteiger partial charge in [-0.2, -0.15) is 0 Å². The molecule has 1 aromatic rings. The van der Waals surface area contributed by atoms with E-state index in [1.54, 1.807) is 18.3 Å². The predicted octanol–water partition coefficient (Wildman–Crippen LogP) is 0.885. The third kappa shape index (κ3) is 3.21. The number of rotatable bonds is 3. The van der Waals surface area contributed by atoms with E-state index in [0.717, 1.165) is 12.8 Å². The molecule has 6 nitrogen and oxygen atoms in total. The third-order valence-electron chi connectivity index (χ3n) is 3.22. The van der Waals surface area contributed by atoms with E-state index in [1.807, 2.05) is 4.90 Å². The molecule has 0 aromatic carbocycles. The summed E-state index contributed by atoms with van der Waals surface area (Å²) in [5, 5.41) is 12.0. The number of hydrogen-bond acceptors (Lipinski definition) is 4. The highest BCUT2D eigenvalue weighted by atomic mass is 16.4. The van der Waals surface area contributed by atoms with Gasteiger partial charge in [0, 0.05) is 32.3 Å². The van der Waals surface area contributed by atoms with E-state index in [1.165, 1.54) is 6.92 Å². The van der Waals surface area contributed by atoms with Crippen molar-refractivity contribution < 1.29 is 14.7 Å². The molecule has 2 rings (SSSR count). The quantitative estimate of drug-likeness (QED) is 0.846. The van der Waals surface area contributed by atoms with E-state index >= 15 is 0 Å². The maximum atomic E-state index is 11.2. The second-order valence-corrected chi connectivity index (χ2v) is 4.64. The summed E-state index contributed by atoms with van der Waals surface area (Å²) in [6, 6.07) is 3.35. The number of carboxylic acids is 1. The van der Waals surface area contributed by atoms with Crippen molar-refractivity contribution in [3.8, 4) is 0 Å². The summed E-state index contributed by atoms with van der Waals surface area (Å²) in [6.45, 7) is 2.90. The second-order valence-electron chi connectivity index (χ2n) is 4.64. The fourth-order valence-electron chi connectivity index (χ4n) is 2.34. The van der Waals surface area contributed by atoms with Crippen LogP contribution in [0.3, 0.4) is 0 Å². The molecule has 1 aliphatic heterocycles. The van der Waals surface area contributed by atoms with Crippen molar-refractivity contribution >= 4 is 17.7 Å². The van der Waals surface area contributed by atoms with Crippen LogP contribution in [0.2, 0.25) is 0 Å². The van der Waals surface area contributed by atoms with Crippen LogP contribution in [0.4, 0.5) is 5.82 Å². The number of piperidine rings is 1. The topological polar surface area (TPSA) is 82.5 Å². The number of anilines is 1. The van der Waals surface area contributed by atoms with Crippen LogP contribution in [0.1, 0.15) is 30.1 Å². The number of amides is 1. The van der Waals surface area contributed by atoms with Crippen LogP contribution >= 0.6 is 0 Å².